The highest BCUT2D eigenvalue weighted by molar-refractivity contribution is 7.14. The van der Waals surface area contributed by atoms with Crippen molar-refractivity contribution in [1.29, 1.82) is 0 Å². The molecule has 86 valence electrons. The SMILES string of the molecule is CCCCNC(=O)c1ccc(C#CCN)s1. The van der Waals surface area contributed by atoms with Gasteiger partial charge in [0.1, 0.15) is 0 Å². The van der Waals surface area contributed by atoms with Gasteiger partial charge in [0.2, 0.25) is 0 Å². The van der Waals surface area contributed by atoms with Crippen LogP contribution in [0, 0.1) is 11.8 Å². The van der Waals surface area contributed by atoms with Crippen molar-refractivity contribution in [2.45, 2.75) is 19.8 Å². The number of nitrogens with one attached hydrogen (secondary N) is 1. The summed E-state index contributed by atoms with van der Waals surface area (Å²) in [6.07, 6.45) is 2.09. The van der Waals surface area contributed by atoms with Gasteiger partial charge in [0.05, 0.1) is 16.3 Å². The lowest BCUT2D eigenvalue weighted by molar-refractivity contribution is 0.0957. The Morgan fingerprint density at radius 3 is 3.06 bits per heavy atom. The fourth-order valence-corrected chi connectivity index (χ4v) is 1.93. The topological polar surface area (TPSA) is 55.1 Å². The Hall–Kier alpha value is -1.31. The van der Waals surface area contributed by atoms with Gasteiger partial charge in [0, 0.05) is 6.54 Å². The molecule has 0 fully saturated rings. The van der Waals surface area contributed by atoms with Crippen molar-refractivity contribution >= 4 is 17.2 Å². The number of amides is 1. The molecular weight excluding hydrogens is 220 g/mol. The summed E-state index contributed by atoms with van der Waals surface area (Å²) in [5.41, 5.74) is 5.28. The fraction of sp³-hybridized carbons (Fsp3) is 0.417. The standard InChI is InChI=1S/C12H16N2OS/c1-2-3-9-14-12(15)11-7-6-10(16-11)5-4-8-13/h6-7H,2-3,8-9,13H2,1H3,(H,14,15). The Labute approximate surface area is 100 Å². The van der Waals surface area contributed by atoms with Crippen LogP contribution in [0.1, 0.15) is 34.3 Å². The second kappa shape index (κ2) is 7.04. The summed E-state index contributed by atoms with van der Waals surface area (Å²) in [6.45, 7) is 3.17. The van der Waals surface area contributed by atoms with Crippen LogP contribution in [0.15, 0.2) is 12.1 Å². The molecule has 0 atom stereocenters. The molecule has 3 nitrogen and oxygen atoms in total. The van der Waals surface area contributed by atoms with E-state index in [2.05, 4.69) is 24.1 Å². The molecular formula is C12H16N2OS. The van der Waals surface area contributed by atoms with E-state index >= 15 is 0 Å². The molecule has 0 saturated heterocycles. The Kier molecular flexibility index (Phi) is 5.62. The first-order chi connectivity index (χ1) is 7.77. The average molecular weight is 236 g/mol. The molecule has 0 aliphatic rings. The van der Waals surface area contributed by atoms with Gasteiger partial charge in [-0.2, -0.15) is 0 Å². The molecule has 0 bridgehead atoms. The van der Waals surface area contributed by atoms with E-state index in [9.17, 15) is 4.79 Å². The summed E-state index contributed by atoms with van der Waals surface area (Å²) in [4.78, 5) is 13.2. The predicted octanol–water partition coefficient (Wildman–Crippen LogP) is 1.59. The van der Waals surface area contributed by atoms with Crippen molar-refractivity contribution in [3.05, 3.63) is 21.9 Å². The fourth-order valence-electron chi connectivity index (χ4n) is 1.13. The molecule has 1 aromatic heterocycles. The summed E-state index contributed by atoms with van der Waals surface area (Å²) in [6, 6.07) is 3.65. The number of thiophene rings is 1. The van der Waals surface area contributed by atoms with Crippen LogP contribution < -0.4 is 11.1 Å². The van der Waals surface area contributed by atoms with E-state index in [1.54, 1.807) is 6.07 Å². The van der Waals surface area contributed by atoms with Crippen molar-refractivity contribution in [2.75, 3.05) is 13.1 Å². The minimum atomic E-state index is -0.0146. The first-order valence-corrected chi connectivity index (χ1v) is 6.16. The third kappa shape index (κ3) is 4.05. The van der Waals surface area contributed by atoms with Gasteiger partial charge in [-0.1, -0.05) is 25.2 Å². The lowest BCUT2D eigenvalue weighted by Crippen LogP contribution is -2.23. The van der Waals surface area contributed by atoms with Gasteiger partial charge in [-0.3, -0.25) is 4.79 Å². The van der Waals surface area contributed by atoms with E-state index in [-0.39, 0.29) is 5.91 Å². The number of unbranched alkanes of at least 4 members (excludes halogenated alkanes) is 1. The van der Waals surface area contributed by atoms with Gasteiger partial charge >= 0.3 is 0 Å². The maximum Gasteiger partial charge on any atom is 0.261 e. The van der Waals surface area contributed by atoms with Crippen LogP contribution >= 0.6 is 11.3 Å². The molecule has 0 saturated carbocycles. The number of carbonyl (C=O) groups excluding carboxylic acids is 1. The Balaban J connectivity index is 2.53. The van der Waals surface area contributed by atoms with Crippen LogP contribution in [0.5, 0.6) is 0 Å². The number of rotatable bonds is 4. The lowest BCUT2D eigenvalue weighted by Gasteiger charge is -2.00. The molecule has 1 heterocycles. The predicted molar refractivity (Wildman–Crippen MR) is 67.5 cm³/mol. The van der Waals surface area contributed by atoms with E-state index < -0.39 is 0 Å². The highest BCUT2D eigenvalue weighted by Crippen LogP contribution is 2.14. The monoisotopic (exact) mass is 236 g/mol. The lowest BCUT2D eigenvalue weighted by atomic mass is 10.3. The molecule has 0 aliphatic heterocycles. The van der Waals surface area contributed by atoms with Crippen LogP contribution in [0.3, 0.4) is 0 Å². The molecule has 0 radical (unpaired) electrons. The van der Waals surface area contributed by atoms with Crippen LogP contribution in [0.4, 0.5) is 0 Å². The maximum atomic E-state index is 11.6. The highest BCUT2D eigenvalue weighted by Gasteiger charge is 2.06. The summed E-state index contributed by atoms with van der Waals surface area (Å²) < 4.78 is 0. The summed E-state index contributed by atoms with van der Waals surface area (Å²) in [5.74, 6) is 5.66. The van der Waals surface area contributed by atoms with Crippen LogP contribution in [0.25, 0.3) is 0 Å². The first-order valence-electron chi connectivity index (χ1n) is 5.35. The highest BCUT2D eigenvalue weighted by atomic mass is 32.1. The van der Waals surface area contributed by atoms with Crippen molar-refractivity contribution in [2.24, 2.45) is 5.73 Å². The second-order valence-electron chi connectivity index (χ2n) is 3.28. The molecule has 4 heteroatoms. The summed E-state index contributed by atoms with van der Waals surface area (Å²) in [7, 11) is 0. The van der Waals surface area contributed by atoms with Crippen LogP contribution in [0.2, 0.25) is 0 Å². The molecule has 0 aliphatic carbocycles. The van der Waals surface area contributed by atoms with Gasteiger partial charge in [0.15, 0.2) is 0 Å². The van der Waals surface area contributed by atoms with Crippen molar-refractivity contribution in [3.8, 4) is 11.8 Å². The van der Waals surface area contributed by atoms with Gasteiger partial charge in [-0.15, -0.1) is 11.3 Å². The second-order valence-corrected chi connectivity index (χ2v) is 4.36. The van der Waals surface area contributed by atoms with Crippen molar-refractivity contribution in [1.82, 2.24) is 5.32 Å². The minimum Gasteiger partial charge on any atom is -0.351 e. The van der Waals surface area contributed by atoms with E-state index in [0.717, 1.165) is 24.3 Å². The van der Waals surface area contributed by atoms with Gasteiger partial charge in [0.25, 0.3) is 5.91 Å². The van der Waals surface area contributed by atoms with E-state index in [4.69, 9.17) is 5.73 Å². The molecule has 1 aromatic rings. The third-order valence-corrected chi connectivity index (χ3v) is 2.96. The number of hydrogen-bond acceptors (Lipinski definition) is 3. The minimum absolute atomic E-state index is 0.0146. The van der Waals surface area contributed by atoms with Gasteiger partial charge in [-0.25, -0.2) is 0 Å². The molecule has 1 rings (SSSR count). The van der Waals surface area contributed by atoms with Gasteiger partial charge in [-0.05, 0) is 18.6 Å². The molecule has 0 unspecified atom stereocenters. The summed E-state index contributed by atoms with van der Waals surface area (Å²) >= 11 is 1.40. The zero-order valence-electron chi connectivity index (χ0n) is 9.38. The van der Waals surface area contributed by atoms with E-state index in [1.165, 1.54) is 11.3 Å². The molecule has 1 amide bonds. The van der Waals surface area contributed by atoms with Crippen molar-refractivity contribution in [3.63, 3.8) is 0 Å². The number of carbonyl (C=O) groups is 1. The largest absolute Gasteiger partial charge is 0.351 e. The smallest absolute Gasteiger partial charge is 0.261 e. The quantitative estimate of drug-likeness (QED) is 0.616. The van der Waals surface area contributed by atoms with Crippen LogP contribution in [-0.4, -0.2) is 19.0 Å². The van der Waals surface area contributed by atoms with E-state index in [0.29, 0.717) is 11.4 Å². The van der Waals surface area contributed by atoms with Crippen molar-refractivity contribution < 1.29 is 4.79 Å². The summed E-state index contributed by atoms with van der Waals surface area (Å²) in [5, 5.41) is 2.87. The zero-order chi connectivity index (χ0) is 11.8. The maximum absolute atomic E-state index is 11.6. The zero-order valence-corrected chi connectivity index (χ0v) is 10.2. The third-order valence-electron chi connectivity index (χ3n) is 1.96. The molecule has 0 spiro atoms. The Morgan fingerprint density at radius 1 is 1.56 bits per heavy atom. The number of hydrogen-bond donors (Lipinski definition) is 2. The van der Waals surface area contributed by atoms with E-state index in [1.807, 2.05) is 6.07 Å². The number of nitrogens with two attached hydrogens (primary N) is 1. The molecule has 0 aromatic carbocycles. The average Bonchev–Trinajstić information content (AvgIpc) is 2.75. The normalized spacial score (nSPS) is 9.38. The Bertz CT molecular complexity index is 401. The van der Waals surface area contributed by atoms with Crippen LogP contribution in [-0.2, 0) is 0 Å². The molecule has 3 N–H and O–H groups in total. The Morgan fingerprint density at radius 2 is 2.38 bits per heavy atom. The van der Waals surface area contributed by atoms with Gasteiger partial charge < -0.3 is 11.1 Å². The first kappa shape index (κ1) is 12.8. The molecule has 16 heavy (non-hydrogen) atoms.